The number of nitrogens with one attached hydrogen (secondary N) is 1. The standard InChI is InChI=1S/C14H20N2O4/c1-10(2)8-12(15)13(17)20-16-14(18)19-9-11-6-4-3-5-7-11/h3-7,10,12H,8-9,15H2,1-2H3,(H,16,18)/t12-/m0/s1. The molecular formula is C14H20N2O4. The first-order valence-corrected chi connectivity index (χ1v) is 6.42. The van der Waals surface area contributed by atoms with Crippen LogP contribution in [0.4, 0.5) is 4.79 Å². The molecule has 1 rings (SSSR count). The molecule has 0 aliphatic carbocycles. The van der Waals surface area contributed by atoms with E-state index in [9.17, 15) is 9.59 Å². The van der Waals surface area contributed by atoms with Gasteiger partial charge in [-0.05, 0) is 17.9 Å². The zero-order valence-electron chi connectivity index (χ0n) is 11.7. The normalized spacial score (nSPS) is 11.8. The van der Waals surface area contributed by atoms with E-state index in [4.69, 9.17) is 10.5 Å². The topological polar surface area (TPSA) is 90.7 Å². The van der Waals surface area contributed by atoms with Gasteiger partial charge in [-0.25, -0.2) is 9.59 Å². The van der Waals surface area contributed by atoms with Crippen LogP contribution in [-0.4, -0.2) is 18.1 Å². The highest BCUT2D eigenvalue weighted by molar-refractivity contribution is 5.77. The molecule has 1 amide bonds. The van der Waals surface area contributed by atoms with Crippen molar-refractivity contribution in [2.45, 2.75) is 32.9 Å². The lowest BCUT2D eigenvalue weighted by atomic mass is 10.1. The second-order valence-electron chi connectivity index (χ2n) is 4.82. The fourth-order valence-corrected chi connectivity index (χ4v) is 1.52. The van der Waals surface area contributed by atoms with E-state index >= 15 is 0 Å². The number of benzene rings is 1. The van der Waals surface area contributed by atoms with Crippen molar-refractivity contribution in [3.8, 4) is 0 Å². The van der Waals surface area contributed by atoms with Gasteiger partial charge in [0, 0.05) is 0 Å². The number of amides is 1. The molecule has 110 valence electrons. The monoisotopic (exact) mass is 280 g/mol. The maximum Gasteiger partial charge on any atom is 0.441 e. The number of hydrogen-bond acceptors (Lipinski definition) is 5. The maximum atomic E-state index is 11.4. The van der Waals surface area contributed by atoms with Crippen molar-refractivity contribution in [1.29, 1.82) is 0 Å². The summed E-state index contributed by atoms with van der Waals surface area (Å²) < 4.78 is 4.87. The molecule has 20 heavy (non-hydrogen) atoms. The van der Waals surface area contributed by atoms with E-state index in [1.807, 2.05) is 49.7 Å². The summed E-state index contributed by atoms with van der Waals surface area (Å²) in [6.45, 7) is 3.98. The van der Waals surface area contributed by atoms with Gasteiger partial charge >= 0.3 is 12.1 Å². The fourth-order valence-electron chi connectivity index (χ4n) is 1.52. The molecule has 0 aliphatic heterocycles. The molecule has 0 aliphatic rings. The Morgan fingerprint density at radius 3 is 2.50 bits per heavy atom. The molecule has 0 saturated heterocycles. The Balaban J connectivity index is 2.24. The van der Waals surface area contributed by atoms with Gasteiger partial charge in [-0.15, -0.1) is 5.48 Å². The molecule has 0 radical (unpaired) electrons. The van der Waals surface area contributed by atoms with Gasteiger partial charge < -0.3 is 15.3 Å². The molecule has 0 heterocycles. The van der Waals surface area contributed by atoms with E-state index in [1.165, 1.54) is 0 Å². The first-order valence-electron chi connectivity index (χ1n) is 6.42. The van der Waals surface area contributed by atoms with E-state index in [0.29, 0.717) is 6.42 Å². The number of rotatable bonds is 5. The Hall–Kier alpha value is -2.08. The fraction of sp³-hybridized carbons (Fsp3) is 0.429. The number of hydroxylamine groups is 1. The lowest BCUT2D eigenvalue weighted by Gasteiger charge is -2.13. The van der Waals surface area contributed by atoms with Crippen LogP contribution in [0.15, 0.2) is 30.3 Å². The molecule has 0 unspecified atom stereocenters. The van der Waals surface area contributed by atoms with Crippen molar-refractivity contribution in [2.75, 3.05) is 0 Å². The minimum Gasteiger partial charge on any atom is -0.443 e. The van der Waals surface area contributed by atoms with Crippen LogP contribution in [0, 0.1) is 5.92 Å². The average Bonchev–Trinajstić information content (AvgIpc) is 2.42. The van der Waals surface area contributed by atoms with Crippen LogP contribution in [0.2, 0.25) is 0 Å². The molecule has 1 aromatic rings. The first kappa shape index (κ1) is 16.0. The van der Waals surface area contributed by atoms with Crippen molar-refractivity contribution in [3.63, 3.8) is 0 Å². The van der Waals surface area contributed by atoms with Crippen LogP contribution in [0.5, 0.6) is 0 Å². The zero-order chi connectivity index (χ0) is 15.0. The molecular weight excluding hydrogens is 260 g/mol. The minimum atomic E-state index is -0.834. The van der Waals surface area contributed by atoms with E-state index in [0.717, 1.165) is 5.56 Å². The molecule has 6 heteroatoms. The van der Waals surface area contributed by atoms with Crippen LogP contribution in [0.1, 0.15) is 25.8 Å². The molecule has 0 saturated carbocycles. The Kier molecular flexibility index (Phi) is 6.52. The van der Waals surface area contributed by atoms with Crippen LogP contribution >= 0.6 is 0 Å². The summed E-state index contributed by atoms with van der Waals surface area (Å²) >= 11 is 0. The average molecular weight is 280 g/mol. The Bertz CT molecular complexity index is 434. The number of ether oxygens (including phenoxy) is 1. The van der Waals surface area contributed by atoms with Gasteiger partial charge in [0.05, 0.1) is 0 Å². The molecule has 0 bridgehead atoms. The van der Waals surface area contributed by atoms with Gasteiger partial charge in [0.15, 0.2) is 0 Å². The Morgan fingerprint density at radius 2 is 1.90 bits per heavy atom. The summed E-state index contributed by atoms with van der Waals surface area (Å²) in [4.78, 5) is 27.3. The smallest absolute Gasteiger partial charge is 0.441 e. The van der Waals surface area contributed by atoms with Crippen molar-refractivity contribution >= 4 is 12.1 Å². The third-order valence-electron chi connectivity index (χ3n) is 2.48. The van der Waals surface area contributed by atoms with Gasteiger partial charge in [-0.3, -0.25) is 0 Å². The summed E-state index contributed by atoms with van der Waals surface area (Å²) in [5, 5.41) is 0. The lowest BCUT2D eigenvalue weighted by Crippen LogP contribution is -2.38. The quantitative estimate of drug-likeness (QED) is 0.802. The highest BCUT2D eigenvalue weighted by Crippen LogP contribution is 2.04. The van der Waals surface area contributed by atoms with Crippen molar-refractivity contribution in [3.05, 3.63) is 35.9 Å². The van der Waals surface area contributed by atoms with E-state index in [2.05, 4.69) is 4.84 Å². The SMILES string of the molecule is CC(C)C[C@H](N)C(=O)ONC(=O)OCc1ccccc1. The summed E-state index contributed by atoms with van der Waals surface area (Å²) in [5.74, 6) is -0.419. The molecule has 3 N–H and O–H groups in total. The third kappa shape index (κ3) is 6.19. The zero-order valence-corrected chi connectivity index (χ0v) is 11.7. The number of carbonyl (C=O) groups excluding carboxylic acids is 2. The highest BCUT2D eigenvalue weighted by Gasteiger charge is 2.18. The molecule has 1 aromatic carbocycles. The first-order chi connectivity index (χ1) is 9.49. The molecule has 1 atom stereocenters. The van der Waals surface area contributed by atoms with Gasteiger partial charge in [0.25, 0.3) is 0 Å². The van der Waals surface area contributed by atoms with Gasteiger partial charge in [0.2, 0.25) is 0 Å². The van der Waals surface area contributed by atoms with Gasteiger partial charge in [0.1, 0.15) is 12.6 Å². The minimum absolute atomic E-state index is 0.0995. The largest absolute Gasteiger partial charge is 0.443 e. The summed E-state index contributed by atoms with van der Waals surface area (Å²) in [6.07, 6.45) is -0.349. The van der Waals surface area contributed by atoms with Crippen molar-refractivity contribution < 1.29 is 19.2 Å². The lowest BCUT2D eigenvalue weighted by molar-refractivity contribution is -0.151. The predicted octanol–water partition coefficient (Wildman–Crippen LogP) is 1.74. The highest BCUT2D eigenvalue weighted by atomic mass is 16.7. The van der Waals surface area contributed by atoms with Crippen LogP contribution in [0.25, 0.3) is 0 Å². The van der Waals surface area contributed by atoms with E-state index in [1.54, 1.807) is 0 Å². The molecule has 0 aromatic heterocycles. The van der Waals surface area contributed by atoms with Gasteiger partial charge in [-0.1, -0.05) is 44.2 Å². The van der Waals surface area contributed by atoms with E-state index in [-0.39, 0.29) is 12.5 Å². The molecule has 6 nitrogen and oxygen atoms in total. The van der Waals surface area contributed by atoms with Gasteiger partial charge in [-0.2, -0.15) is 0 Å². The van der Waals surface area contributed by atoms with Crippen LogP contribution in [-0.2, 0) is 21.0 Å². The van der Waals surface area contributed by atoms with Crippen molar-refractivity contribution in [2.24, 2.45) is 11.7 Å². The Labute approximate surface area is 118 Å². The second kappa shape index (κ2) is 8.16. The summed E-state index contributed by atoms with van der Waals surface area (Å²) in [5.41, 5.74) is 8.36. The maximum absolute atomic E-state index is 11.4. The number of carbonyl (C=O) groups is 2. The third-order valence-corrected chi connectivity index (χ3v) is 2.48. The van der Waals surface area contributed by atoms with Crippen LogP contribution < -0.4 is 11.2 Å². The number of nitrogens with two attached hydrogens (primary N) is 1. The second-order valence-corrected chi connectivity index (χ2v) is 4.82. The number of hydrogen-bond donors (Lipinski definition) is 2. The van der Waals surface area contributed by atoms with E-state index < -0.39 is 18.1 Å². The molecule has 0 fully saturated rings. The summed E-state index contributed by atoms with van der Waals surface area (Å²) in [6, 6.07) is 8.41. The molecule has 0 spiro atoms. The van der Waals surface area contributed by atoms with Crippen molar-refractivity contribution in [1.82, 2.24) is 5.48 Å². The van der Waals surface area contributed by atoms with Crippen LogP contribution in [0.3, 0.4) is 0 Å². The summed E-state index contributed by atoms with van der Waals surface area (Å²) in [7, 11) is 0. The predicted molar refractivity (Wildman–Crippen MR) is 73.3 cm³/mol. The Morgan fingerprint density at radius 1 is 1.25 bits per heavy atom.